The lowest BCUT2D eigenvalue weighted by molar-refractivity contribution is -0.156. The summed E-state index contributed by atoms with van der Waals surface area (Å²) in [6, 6.07) is 0. The molecule has 1 fully saturated rings. The molecule has 1 heterocycles. The molecule has 0 aliphatic carbocycles. The van der Waals surface area contributed by atoms with Crippen LogP contribution in [0.15, 0.2) is 0 Å². The first-order chi connectivity index (χ1) is 7.31. The lowest BCUT2D eigenvalue weighted by Gasteiger charge is -2.32. The first-order valence-electron chi connectivity index (χ1n) is 5.96. The van der Waals surface area contributed by atoms with E-state index in [0.717, 1.165) is 25.9 Å². The monoisotopic (exact) mass is 229 g/mol. The van der Waals surface area contributed by atoms with Crippen LogP contribution in [0, 0.1) is 0 Å². The summed E-state index contributed by atoms with van der Waals surface area (Å²) in [5, 5.41) is 13.4. The largest absolute Gasteiger partial charge is 0.460 e. The molecule has 0 atom stereocenters. The Hall–Kier alpha value is -0.610. The van der Waals surface area contributed by atoms with Crippen LogP contribution in [0.1, 0.15) is 46.5 Å². The third-order valence-corrected chi connectivity index (χ3v) is 2.75. The Balaban J connectivity index is 2.30. The molecule has 94 valence electrons. The van der Waals surface area contributed by atoms with Gasteiger partial charge < -0.3 is 15.2 Å². The van der Waals surface area contributed by atoms with E-state index in [-0.39, 0.29) is 5.97 Å². The average molecular weight is 229 g/mol. The summed E-state index contributed by atoms with van der Waals surface area (Å²) in [5.41, 5.74) is -1.12. The molecule has 16 heavy (non-hydrogen) atoms. The van der Waals surface area contributed by atoms with Gasteiger partial charge in [-0.15, -0.1) is 0 Å². The fourth-order valence-electron chi connectivity index (χ4n) is 1.87. The molecule has 1 aliphatic rings. The van der Waals surface area contributed by atoms with Crippen molar-refractivity contribution in [2.24, 2.45) is 0 Å². The molecule has 0 aromatic rings. The van der Waals surface area contributed by atoms with Crippen molar-refractivity contribution in [2.45, 2.75) is 57.7 Å². The second-order valence-electron chi connectivity index (χ2n) is 5.56. The number of carbonyl (C=O) groups is 1. The normalized spacial score (nSPS) is 20.5. The van der Waals surface area contributed by atoms with E-state index in [1.54, 1.807) is 0 Å². The van der Waals surface area contributed by atoms with Crippen LogP contribution < -0.4 is 5.32 Å². The van der Waals surface area contributed by atoms with Crippen LogP contribution in [0.3, 0.4) is 0 Å². The second kappa shape index (κ2) is 5.15. The number of carbonyl (C=O) groups excluding carboxylic acids is 1. The van der Waals surface area contributed by atoms with Crippen molar-refractivity contribution in [3.05, 3.63) is 0 Å². The third kappa shape index (κ3) is 4.94. The van der Waals surface area contributed by atoms with E-state index in [1.165, 1.54) is 0 Å². The minimum atomic E-state index is -0.678. The van der Waals surface area contributed by atoms with Gasteiger partial charge in [0.2, 0.25) is 0 Å². The number of hydrogen-bond acceptors (Lipinski definition) is 4. The minimum absolute atomic E-state index is 0.223. The predicted molar refractivity (Wildman–Crippen MR) is 62.1 cm³/mol. The molecule has 0 aromatic carbocycles. The summed E-state index contributed by atoms with van der Waals surface area (Å²) >= 11 is 0. The summed E-state index contributed by atoms with van der Waals surface area (Å²) in [6.45, 7) is 7.20. The van der Waals surface area contributed by atoms with Crippen LogP contribution in [0.4, 0.5) is 0 Å². The smallest absolute Gasteiger partial charge is 0.306 e. The van der Waals surface area contributed by atoms with Gasteiger partial charge in [0.05, 0.1) is 5.60 Å². The molecule has 4 nitrogen and oxygen atoms in total. The molecular weight excluding hydrogens is 206 g/mol. The van der Waals surface area contributed by atoms with E-state index in [1.807, 2.05) is 20.8 Å². The maximum absolute atomic E-state index is 11.5. The first kappa shape index (κ1) is 13.5. The summed E-state index contributed by atoms with van der Waals surface area (Å²) in [6.07, 6.45) is 2.24. The zero-order chi connectivity index (χ0) is 12.2. The molecule has 4 heteroatoms. The highest BCUT2D eigenvalue weighted by atomic mass is 16.6. The fourth-order valence-corrected chi connectivity index (χ4v) is 1.87. The Kier molecular flexibility index (Phi) is 4.33. The van der Waals surface area contributed by atoms with Crippen molar-refractivity contribution >= 4 is 5.97 Å². The summed E-state index contributed by atoms with van der Waals surface area (Å²) in [7, 11) is 0. The molecule has 0 spiro atoms. The standard InChI is InChI=1S/C12H23NO3/c1-11(2,3)16-10(14)4-5-12(15)6-8-13-9-7-12/h13,15H,4-9H2,1-3H3. The van der Waals surface area contributed by atoms with Crippen LogP contribution in [-0.2, 0) is 9.53 Å². The highest BCUT2D eigenvalue weighted by Crippen LogP contribution is 2.24. The van der Waals surface area contributed by atoms with Gasteiger partial charge in [-0.3, -0.25) is 4.79 Å². The molecule has 0 saturated carbocycles. The maximum atomic E-state index is 11.5. The molecule has 0 aromatic heterocycles. The topological polar surface area (TPSA) is 58.6 Å². The van der Waals surface area contributed by atoms with E-state index >= 15 is 0 Å². The second-order valence-corrected chi connectivity index (χ2v) is 5.56. The van der Waals surface area contributed by atoms with Crippen LogP contribution in [0.25, 0.3) is 0 Å². The highest BCUT2D eigenvalue weighted by molar-refractivity contribution is 5.69. The fraction of sp³-hybridized carbons (Fsp3) is 0.917. The molecule has 1 aliphatic heterocycles. The van der Waals surface area contributed by atoms with Gasteiger partial charge in [0.1, 0.15) is 5.60 Å². The molecule has 0 amide bonds. The molecule has 1 saturated heterocycles. The van der Waals surface area contributed by atoms with Gasteiger partial charge in [-0.1, -0.05) is 0 Å². The lowest BCUT2D eigenvalue weighted by atomic mass is 9.88. The van der Waals surface area contributed by atoms with E-state index in [9.17, 15) is 9.90 Å². The van der Waals surface area contributed by atoms with E-state index in [0.29, 0.717) is 12.8 Å². The zero-order valence-electron chi connectivity index (χ0n) is 10.5. The van der Waals surface area contributed by atoms with Crippen molar-refractivity contribution in [2.75, 3.05) is 13.1 Å². The number of piperidine rings is 1. The quantitative estimate of drug-likeness (QED) is 0.714. The number of nitrogens with one attached hydrogen (secondary N) is 1. The molecule has 0 bridgehead atoms. The van der Waals surface area contributed by atoms with E-state index in [4.69, 9.17) is 4.74 Å². The van der Waals surface area contributed by atoms with Gasteiger partial charge in [-0.25, -0.2) is 0 Å². The van der Waals surface area contributed by atoms with Crippen molar-refractivity contribution in [3.63, 3.8) is 0 Å². The Morgan fingerprint density at radius 3 is 2.44 bits per heavy atom. The van der Waals surface area contributed by atoms with Crippen LogP contribution >= 0.6 is 0 Å². The van der Waals surface area contributed by atoms with E-state index in [2.05, 4.69) is 5.32 Å². The average Bonchev–Trinajstić information content (AvgIpc) is 2.14. The number of esters is 1. The first-order valence-corrected chi connectivity index (χ1v) is 5.96. The Labute approximate surface area is 97.4 Å². The van der Waals surface area contributed by atoms with Gasteiger partial charge in [0.25, 0.3) is 0 Å². The summed E-state index contributed by atoms with van der Waals surface area (Å²) < 4.78 is 5.21. The van der Waals surface area contributed by atoms with Crippen LogP contribution in [-0.4, -0.2) is 35.4 Å². The zero-order valence-corrected chi connectivity index (χ0v) is 10.5. The number of aliphatic hydroxyl groups is 1. The Morgan fingerprint density at radius 2 is 1.94 bits per heavy atom. The molecular formula is C12H23NO3. The van der Waals surface area contributed by atoms with Gasteiger partial charge >= 0.3 is 5.97 Å². The Morgan fingerprint density at radius 1 is 1.38 bits per heavy atom. The SMILES string of the molecule is CC(C)(C)OC(=O)CCC1(O)CCNCC1. The molecule has 2 N–H and O–H groups in total. The lowest BCUT2D eigenvalue weighted by Crippen LogP contribution is -2.42. The van der Waals surface area contributed by atoms with E-state index < -0.39 is 11.2 Å². The van der Waals surface area contributed by atoms with Gasteiger partial charge in [-0.05, 0) is 53.1 Å². The molecule has 0 radical (unpaired) electrons. The minimum Gasteiger partial charge on any atom is -0.460 e. The number of rotatable bonds is 3. The van der Waals surface area contributed by atoms with Crippen molar-refractivity contribution in [1.29, 1.82) is 0 Å². The highest BCUT2D eigenvalue weighted by Gasteiger charge is 2.30. The Bertz CT molecular complexity index is 239. The van der Waals surface area contributed by atoms with Gasteiger partial charge in [0, 0.05) is 6.42 Å². The van der Waals surface area contributed by atoms with Crippen molar-refractivity contribution in [3.8, 4) is 0 Å². The van der Waals surface area contributed by atoms with Gasteiger partial charge in [-0.2, -0.15) is 0 Å². The van der Waals surface area contributed by atoms with Crippen LogP contribution in [0.5, 0.6) is 0 Å². The summed E-state index contributed by atoms with van der Waals surface area (Å²) in [4.78, 5) is 11.5. The number of ether oxygens (including phenoxy) is 1. The summed E-state index contributed by atoms with van der Waals surface area (Å²) in [5.74, 6) is -0.223. The molecule has 1 rings (SSSR count). The number of hydrogen-bond donors (Lipinski definition) is 2. The maximum Gasteiger partial charge on any atom is 0.306 e. The van der Waals surface area contributed by atoms with Crippen LogP contribution in [0.2, 0.25) is 0 Å². The third-order valence-electron chi connectivity index (χ3n) is 2.75. The van der Waals surface area contributed by atoms with Gasteiger partial charge in [0.15, 0.2) is 0 Å². The van der Waals surface area contributed by atoms with Crippen molar-refractivity contribution in [1.82, 2.24) is 5.32 Å². The van der Waals surface area contributed by atoms with Crippen molar-refractivity contribution < 1.29 is 14.6 Å². The predicted octanol–water partition coefficient (Wildman–Crippen LogP) is 1.22. The molecule has 0 unspecified atom stereocenters.